The van der Waals surface area contributed by atoms with Crippen LogP contribution in [0.25, 0.3) is 10.8 Å². The third-order valence-corrected chi connectivity index (χ3v) is 9.36. The zero-order valence-corrected chi connectivity index (χ0v) is 26.8. The van der Waals surface area contributed by atoms with E-state index in [4.69, 9.17) is 28.2 Å². The van der Waals surface area contributed by atoms with Crippen LogP contribution in [0.3, 0.4) is 0 Å². The Hall–Kier alpha value is -5.38. The Kier molecular flexibility index (Phi) is 6.77. The lowest BCUT2D eigenvalue weighted by Gasteiger charge is -2.36. The number of fused-ring (bicyclic) bond motifs is 4. The van der Waals surface area contributed by atoms with Crippen LogP contribution in [0.15, 0.2) is 83.1 Å². The maximum Gasteiger partial charge on any atom is 0.514 e. The summed E-state index contributed by atoms with van der Waals surface area (Å²) in [4.78, 5) is 42.1. The highest BCUT2D eigenvalue weighted by molar-refractivity contribution is 6.20. The van der Waals surface area contributed by atoms with Gasteiger partial charge in [-0.05, 0) is 50.3 Å². The van der Waals surface area contributed by atoms with Crippen LogP contribution in [0.2, 0.25) is 0 Å². The number of hydrogen-bond acceptors (Lipinski definition) is 10. The Bertz CT molecular complexity index is 2070. The summed E-state index contributed by atoms with van der Waals surface area (Å²) in [6, 6.07) is 16.9. The molecule has 1 aliphatic heterocycles. The van der Waals surface area contributed by atoms with Crippen LogP contribution in [0, 0.1) is 11.8 Å². The highest BCUT2D eigenvalue weighted by atomic mass is 16.7. The van der Waals surface area contributed by atoms with E-state index in [2.05, 4.69) is 11.7 Å². The van der Waals surface area contributed by atoms with Gasteiger partial charge in [-0.15, -0.1) is 0 Å². The van der Waals surface area contributed by atoms with Crippen molar-refractivity contribution in [2.45, 2.75) is 57.8 Å². The molecule has 4 aliphatic rings. The number of allylic oxidation sites excluding steroid dienone is 1. The third kappa shape index (κ3) is 4.61. The van der Waals surface area contributed by atoms with Crippen molar-refractivity contribution >= 4 is 28.5 Å². The van der Waals surface area contributed by atoms with Crippen LogP contribution in [-0.4, -0.2) is 40.7 Å². The molecule has 3 atom stereocenters. The molecular weight excluding hydrogens is 614 g/mol. The second kappa shape index (κ2) is 10.8. The molecule has 48 heavy (non-hydrogen) atoms. The van der Waals surface area contributed by atoms with Gasteiger partial charge in [0.15, 0.2) is 23.1 Å². The van der Waals surface area contributed by atoms with E-state index in [0.717, 1.165) is 5.56 Å². The number of carbonyl (C=O) groups excluding carboxylic acids is 3. The van der Waals surface area contributed by atoms with Gasteiger partial charge in [-0.3, -0.25) is 9.59 Å². The lowest BCUT2D eigenvalue weighted by molar-refractivity contribution is 0.0207. The van der Waals surface area contributed by atoms with Crippen LogP contribution >= 0.6 is 0 Å². The van der Waals surface area contributed by atoms with Gasteiger partial charge >= 0.3 is 6.16 Å². The third-order valence-electron chi connectivity index (χ3n) is 9.36. The topological polar surface area (TPSA) is 127 Å². The zero-order valence-electron chi connectivity index (χ0n) is 26.8. The summed E-state index contributed by atoms with van der Waals surface area (Å²) in [6.07, 6.45) is 2.00. The summed E-state index contributed by atoms with van der Waals surface area (Å²) in [5.74, 6) is 0.304. The van der Waals surface area contributed by atoms with Gasteiger partial charge in [-0.2, -0.15) is 0 Å². The molecule has 0 radical (unpaired) electrons. The predicted molar refractivity (Wildman–Crippen MR) is 172 cm³/mol. The van der Waals surface area contributed by atoms with Crippen LogP contribution in [-0.2, 0) is 28.9 Å². The maximum atomic E-state index is 14.7. The molecule has 1 aromatic heterocycles. The molecule has 1 fully saturated rings. The fourth-order valence-electron chi connectivity index (χ4n) is 7.42. The van der Waals surface area contributed by atoms with Crippen LogP contribution in [0.5, 0.6) is 17.4 Å². The minimum Gasteiger partial charge on any atom is -0.489 e. The van der Waals surface area contributed by atoms with E-state index in [0.29, 0.717) is 58.4 Å². The summed E-state index contributed by atoms with van der Waals surface area (Å²) in [7, 11) is 0. The number of aromatic nitrogens is 1. The number of benzene rings is 3. The Balaban J connectivity index is 1.22. The molecule has 1 spiro atoms. The largest absolute Gasteiger partial charge is 0.514 e. The lowest BCUT2D eigenvalue weighted by atomic mass is 9.63. The molecule has 0 amide bonds. The van der Waals surface area contributed by atoms with Crippen LogP contribution < -0.4 is 14.2 Å². The quantitative estimate of drug-likeness (QED) is 0.0885. The second-order valence-corrected chi connectivity index (χ2v) is 13.6. The molecule has 0 saturated carbocycles. The number of ether oxygens (including phenoxy) is 5. The van der Waals surface area contributed by atoms with E-state index in [1.165, 1.54) is 0 Å². The fourth-order valence-corrected chi connectivity index (χ4v) is 7.42. The normalized spacial score (nSPS) is 22.0. The van der Waals surface area contributed by atoms with Gasteiger partial charge in [0.1, 0.15) is 30.1 Å². The summed E-state index contributed by atoms with van der Waals surface area (Å²) in [5.41, 5.74) is 0.283. The molecule has 10 nitrogen and oxygen atoms in total. The van der Waals surface area contributed by atoms with Gasteiger partial charge in [0, 0.05) is 34.2 Å². The Morgan fingerprint density at radius 3 is 2.46 bits per heavy atom. The first-order chi connectivity index (χ1) is 23.1. The Morgan fingerprint density at radius 2 is 1.73 bits per heavy atom. The molecule has 0 N–H and O–H groups in total. The smallest absolute Gasteiger partial charge is 0.489 e. The van der Waals surface area contributed by atoms with Crippen molar-refractivity contribution < 1.29 is 42.6 Å². The van der Waals surface area contributed by atoms with E-state index in [-0.39, 0.29) is 59.4 Å². The highest BCUT2D eigenvalue weighted by Gasteiger charge is 2.72. The number of carbonyl (C=O) groups is 3. The molecule has 10 heteroatoms. The van der Waals surface area contributed by atoms with Crippen molar-refractivity contribution in [2.75, 3.05) is 6.61 Å². The summed E-state index contributed by atoms with van der Waals surface area (Å²) >= 11 is 0. The lowest BCUT2D eigenvalue weighted by Crippen LogP contribution is -2.44. The van der Waals surface area contributed by atoms with E-state index in [1.807, 2.05) is 42.5 Å². The van der Waals surface area contributed by atoms with Crippen LogP contribution in [0.1, 0.15) is 64.8 Å². The Morgan fingerprint density at radius 1 is 1.00 bits per heavy atom. The van der Waals surface area contributed by atoms with E-state index in [9.17, 15) is 14.4 Å². The number of nitrogens with zero attached hydrogens (tertiary/aromatic N) is 1. The van der Waals surface area contributed by atoms with Gasteiger partial charge in [0.05, 0.1) is 5.56 Å². The number of ketones is 2. The van der Waals surface area contributed by atoms with Crippen LogP contribution in [0.4, 0.5) is 4.79 Å². The molecule has 3 aromatic carbocycles. The van der Waals surface area contributed by atoms with E-state index < -0.39 is 17.4 Å². The van der Waals surface area contributed by atoms with Crippen molar-refractivity contribution in [3.8, 4) is 17.4 Å². The number of rotatable bonds is 7. The second-order valence-electron chi connectivity index (χ2n) is 13.6. The fraction of sp³-hybridized carbons (Fsp3) is 0.316. The van der Waals surface area contributed by atoms with Gasteiger partial charge < -0.3 is 28.2 Å². The average Bonchev–Trinajstić information content (AvgIpc) is 3.68. The molecule has 0 bridgehead atoms. The first kappa shape index (κ1) is 30.0. The minimum atomic E-state index is -1.30. The number of hydrogen-bond donors (Lipinski definition) is 0. The molecule has 8 rings (SSSR count). The van der Waals surface area contributed by atoms with E-state index >= 15 is 0 Å². The van der Waals surface area contributed by atoms with E-state index in [1.54, 1.807) is 39.0 Å². The summed E-state index contributed by atoms with van der Waals surface area (Å²) < 4.78 is 35.4. The molecular formula is C38H33NO9. The van der Waals surface area contributed by atoms with Crippen molar-refractivity contribution in [1.29, 1.82) is 0 Å². The van der Waals surface area contributed by atoms with Gasteiger partial charge in [0.25, 0.3) is 5.88 Å². The SMILES string of the molecule is C=CCOc1c2c(c(OC(=O)OC(C)(C)C)c3ccccc13)C(=O)C1=C3O[C@]34C(=O)c3c(OCc5ccccc5)noc3C[C@@H]4CC1C2. The first-order valence-electron chi connectivity index (χ1n) is 16.0. The molecule has 3 aliphatic carbocycles. The highest BCUT2D eigenvalue weighted by Crippen LogP contribution is 2.63. The van der Waals surface area contributed by atoms with Gasteiger partial charge in [0.2, 0.25) is 11.4 Å². The average molecular weight is 648 g/mol. The van der Waals surface area contributed by atoms with Crippen molar-refractivity contribution in [3.05, 3.63) is 107 Å². The molecule has 1 unspecified atom stereocenters. The van der Waals surface area contributed by atoms with Gasteiger partial charge in [-0.1, -0.05) is 67.3 Å². The van der Waals surface area contributed by atoms with Crippen molar-refractivity contribution in [2.24, 2.45) is 11.8 Å². The summed E-state index contributed by atoms with van der Waals surface area (Å²) in [6.45, 7) is 9.42. The maximum absolute atomic E-state index is 14.7. The summed E-state index contributed by atoms with van der Waals surface area (Å²) in [5, 5.41) is 5.31. The molecule has 4 aromatic rings. The minimum absolute atomic E-state index is 0.0852. The first-order valence-corrected chi connectivity index (χ1v) is 16.0. The predicted octanol–water partition coefficient (Wildman–Crippen LogP) is 7.12. The van der Waals surface area contributed by atoms with Gasteiger partial charge in [-0.25, -0.2) is 4.79 Å². The zero-order chi connectivity index (χ0) is 33.4. The Labute approximate surface area is 276 Å². The van der Waals surface area contributed by atoms with Crippen molar-refractivity contribution in [1.82, 2.24) is 5.16 Å². The number of epoxide rings is 1. The number of Topliss-reactive ketones (excluding diaryl/α,β-unsaturated/α-hetero) is 2. The van der Waals surface area contributed by atoms with Crippen molar-refractivity contribution in [3.63, 3.8) is 0 Å². The molecule has 1 saturated heterocycles. The monoisotopic (exact) mass is 647 g/mol. The standard InChI is InChI=1S/C38H33NO9/c1-5-15-43-31-23-13-9-10-14-24(23)32(45-36(42)47-37(2,3)4)28-25(31)17-21-16-22-18-26-29(33(41)38(22)34(46-38)27(21)30(28)40)35(39-48-26)44-19-20-11-7-6-8-12-20/h5-14,21-22H,1,15-19H2,2-4H3/t21?,22-,38+/m0/s1. The molecule has 244 valence electrons. The molecule has 2 heterocycles.